The maximum Gasteiger partial charge on any atom is 0.0599 e. The van der Waals surface area contributed by atoms with Gasteiger partial charge in [-0.25, -0.2) is 0 Å². The van der Waals surface area contributed by atoms with E-state index in [1.165, 1.54) is 57.8 Å². The molecule has 0 radical (unpaired) electrons. The van der Waals surface area contributed by atoms with Gasteiger partial charge in [0.15, 0.2) is 0 Å². The maximum atomic E-state index is 10.7. The molecule has 4 rings (SSSR count). The molecular formula is C21H36O. The van der Waals surface area contributed by atoms with Gasteiger partial charge in [0.05, 0.1) is 6.10 Å². The van der Waals surface area contributed by atoms with Gasteiger partial charge in [0.25, 0.3) is 0 Å². The molecule has 0 spiro atoms. The predicted octanol–water partition coefficient (Wildman–Crippen LogP) is 5.56. The number of hydrogen-bond acceptors (Lipinski definition) is 1. The van der Waals surface area contributed by atoms with E-state index in [-0.39, 0.29) is 11.5 Å². The van der Waals surface area contributed by atoms with Gasteiger partial charge in [0.1, 0.15) is 0 Å². The van der Waals surface area contributed by atoms with Crippen LogP contribution in [0.4, 0.5) is 0 Å². The van der Waals surface area contributed by atoms with Gasteiger partial charge in [-0.2, -0.15) is 0 Å². The summed E-state index contributed by atoms with van der Waals surface area (Å²) >= 11 is 0. The number of fused-ring (bicyclic) bond motifs is 5. The molecule has 0 amide bonds. The highest BCUT2D eigenvalue weighted by molar-refractivity contribution is 5.16. The first-order chi connectivity index (χ1) is 10.3. The zero-order chi connectivity index (χ0) is 15.8. The number of rotatable bonds is 0. The third kappa shape index (κ3) is 1.60. The standard InChI is InChI=1S/C21H36O/c1-18-10-5-6-11-19(18,2)15-8-13-21(4)17(22)9-14-20(21,3)16(15)7-12-18/h15-17,22H,5-14H2,1-4H3/t15-,16+,17+,18+,19+,20-,21+/m0/s1. The van der Waals surface area contributed by atoms with E-state index in [4.69, 9.17) is 0 Å². The molecule has 22 heavy (non-hydrogen) atoms. The van der Waals surface area contributed by atoms with Crippen LogP contribution in [-0.2, 0) is 0 Å². The minimum Gasteiger partial charge on any atom is -0.393 e. The van der Waals surface area contributed by atoms with Gasteiger partial charge in [0, 0.05) is 0 Å². The lowest BCUT2D eigenvalue weighted by molar-refractivity contribution is -0.189. The Bertz CT molecular complexity index is 465. The zero-order valence-corrected chi connectivity index (χ0v) is 15.3. The summed E-state index contributed by atoms with van der Waals surface area (Å²) in [6.45, 7) is 10.2. The van der Waals surface area contributed by atoms with Crippen LogP contribution in [0.3, 0.4) is 0 Å². The van der Waals surface area contributed by atoms with Crippen molar-refractivity contribution < 1.29 is 5.11 Å². The molecule has 1 nitrogen and oxygen atoms in total. The van der Waals surface area contributed by atoms with E-state index in [0.717, 1.165) is 18.3 Å². The van der Waals surface area contributed by atoms with Crippen molar-refractivity contribution in [3.8, 4) is 0 Å². The van der Waals surface area contributed by atoms with E-state index in [2.05, 4.69) is 27.7 Å². The van der Waals surface area contributed by atoms with Crippen molar-refractivity contribution >= 4 is 0 Å². The van der Waals surface area contributed by atoms with Crippen LogP contribution in [-0.4, -0.2) is 11.2 Å². The Morgan fingerprint density at radius 2 is 1.23 bits per heavy atom. The van der Waals surface area contributed by atoms with Crippen LogP contribution in [0.2, 0.25) is 0 Å². The van der Waals surface area contributed by atoms with Crippen LogP contribution in [0.5, 0.6) is 0 Å². The fourth-order valence-corrected chi connectivity index (χ4v) is 7.98. The van der Waals surface area contributed by atoms with Gasteiger partial charge in [-0.15, -0.1) is 0 Å². The molecule has 0 unspecified atom stereocenters. The van der Waals surface area contributed by atoms with E-state index in [1.54, 1.807) is 0 Å². The van der Waals surface area contributed by atoms with Crippen molar-refractivity contribution in [2.45, 2.75) is 98.0 Å². The summed E-state index contributed by atoms with van der Waals surface area (Å²) in [5, 5.41) is 10.7. The van der Waals surface area contributed by atoms with Gasteiger partial charge in [-0.3, -0.25) is 0 Å². The Morgan fingerprint density at radius 1 is 0.636 bits per heavy atom. The Kier molecular flexibility index (Phi) is 3.18. The molecule has 4 saturated carbocycles. The lowest BCUT2D eigenvalue weighted by Gasteiger charge is -2.67. The van der Waals surface area contributed by atoms with E-state index >= 15 is 0 Å². The first-order valence-corrected chi connectivity index (χ1v) is 9.95. The van der Waals surface area contributed by atoms with E-state index in [1.807, 2.05) is 0 Å². The van der Waals surface area contributed by atoms with Crippen molar-refractivity contribution in [1.29, 1.82) is 0 Å². The molecule has 4 aliphatic carbocycles. The molecule has 0 aromatic rings. The summed E-state index contributed by atoms with van der Waals surface area (Å²) in [7, 11) is 0. The third-order valence-corrected chi connectivity index (χ3v) is 10.1. The van der Waals surface area contributed by atoms with Crippen LogP contribution in [0.25, 0.3) is 0 Å². The predicted molar refractivity (Wildman–Crippen MR) is 91.6 cm³/mol. The van der Waals surface area contributed by atoms with Crippen molar-refractivity contribution in [2.24, 2.45) is 33.5 Å². The van der Waals surface area contributed by atoms with Crippen LogP contribution >= 0.6 is 0 Å². The smallest absolute Gasteiger partial charge is 0.0599 e. The topological polar surface area (TPSA) is 20.2 Å². The molecule has 0 aliphatic heterocycles. The normalized spacial score (nSPS) is 61.2. The fraction of sp³-hybridized carbons (Fsp3) is 1.00. The summed E-state index contributed by atoms with van der Waals surface area (Å²) in [5.74, 6) is 1.77. The zero-order valence-electron chi connectivity index (χ0n) is 15.3. The fourth-order valence-electron chi connectivity index (χ4n) is 7.98. The average Bonchev–Trinajstić information content (AvgIpc) is 2.72. The molecule has 0 aromatic carbocycles. The molecule has 7 atom stereocenters. The highest BCUT2D eigenvalue weighted by Gasteiger charge is 2.66. The van der Waals surface area contributed by atoms with Gasteiger partial charge in [-0.05, 0) is 84.9 Å². The van der Waals surface area contributed by atoms with Gasteiger partial charge in [-0.1, -0.05) is 40.5 Å². The van der Waals surface area contributed by atoms with Crippen LogP contribution in [0.1, 0.15) is 91.9 Å². The lowest BCUT2D eigenvalue weighted by atomic mass is 9.38. The summed E-state index contributed by atoms with van der Waals surface area (Å²) in [5.41, 5.74) is 1.73. The first kappa shape index (κ1) is 15.5. The van der Waals surface area contributed by atoms with Crippen molar-refractivity contribution in [3.63, 3.8) is 0 Å². The summed E-state index contributed by atoms with van der Waals surface area (Å²) in [6, 6.07) is 0. The monoisotopic (exact) mass is 304 g/mol. The molecule has 1 N–H and O–H groups in total. The summed E-state index contributed by atoms with van der Waals surface area (Å²) in [4.78, 5) is 0. The highest BCUT2D eigenvalue weighted by Crippen LogP contribution is 2.73. The van der Waals surface area contributed by atoms with Gasteiger partial charge < -0.3 is 5.11 Å². The quantitative estimate of drug-likeness (QED) is 0.621. The average molecular weight is 305 g/mol. The van der Waals surface area contributed by atoms with E-state index in [0.29, 0.717) is 16.2 Å². The van der Waals surface area contributed by atoms with E-state index in [9.17, 15) is 5.11 Å². The maximum absolute atomic E-state index is 10.7. The minimum atomic E-state index is -0.0501. The second-order valence-corrected chi connectivity index (χ2v) is 10.4. The largest absolute Gasteiger partial charge is 0.393 e. The summed E-state index contributed by atoms with van der Waals surface area (Å²) in [6.07, 6.45) is 13.6. The number of hydrogen-bond donors (Lipinski definition) is 1. The molecule has 0 heterocycles. The van der Waals surface area contributed by atoms with Crippen LogP contribution in [0.15, 0.2) is 0 Å². The Hall–Kier alpha value is -0.0400. The van der Waals surface area contributed by atoms with Crippen molar-refractivity contribution in [1.82, 2.24) is 0 Å². The molecular weight excluding hydrogens is 268 g/mol. The van der Waals surface area contributed by atoms with Crippen molar-refractivity contribution in [2.75, 3.05) is 0 Å². The van der Waals surface area contributed by atoms with Crippen molar-refractivity contribution in [3.05, 3.63) is 0 Å². The van der Waals surface area contributed by atoms with Crippen LogP contribution in [0, 0.1) is 33.5 Å². The molecule has 0 bridgehead atoms. The molecule has 1 heteroatoms. The molecule has 4 aliphatic rings. The Morgan fingerprint density at radius 3 is 2.00 bits per heavy atom. The summed E-state index contributed by atoms with van der Waals surface area (Å²) < 4.78 is 0. The second kappa shape index (κ2) is 4.52. The second-order valence-electron chi connectivity index (χ2n) is 10.4. The first-order valence-electron chi connectivity index (χ1n) is 9.95. The molecule has 0 aromatic heterocycles. The van der Waals surface area contributed by atoms with E-state index < -0.39 is 0 Å². The highest BCUT2D eigenvalue weighted by atomic mass is 16.3. The van der Waals surface area contributed by atoms with Gasteiger partial charge in [0.2, 0.25) is 0 Å². The number of aliphatic hydroxyl groups excluding tert-OH is 1. The van der Waals surface area contributed by atoms with Gasteiger partial charge >= 0.3 is 0 Å². The molecule has 0 saturated heterocycles. The Balaban J connectivity index is 1.74. The SMILES string of the molecule is C[C@]12CCCC[C@]1(C)[C@H]1CC[C@]3(C)[C@H](O)CC[C@@]3(C)[C@@H]1CC2. The van der Waals surface area contributed by atoms with Crippen LogP contribution < -0.4 is 0 Å². The minimum absolute atomic E-state index is 0.0501. The Labute approximate surface area is 137 Å². The molecule has 4 fully saturated rings. The number of aliphatic hydroxyl groups is 1. The third-order valence-electron chi connectivity index (χ3n) is 10.1. The lowest BCUT2D eigenvalue weighted by Crippen LogP contribution is -2.60. The molecule has 126 valence electrons.